The van der Waals surface area contributed by atoms with Crippen LogP contribution in [0.1, 0.15) is 23.5 Å². The molecule has 26 heavy (non-hydrogen) atoms. The number of halogens is 3. The minimum absolute atomic E-state index is 0.130. The highest BCUT2D eigenvalue weighted by molar-refractivity contribution is 5.91. The Kier molecular flexibility index (Phi) is 4.67. The Morgan fingerprint density at radius 2 is 1.88 bits per heavy atom. The molecule has 1 aliphatic rings. The van der Waals surface area contributed by atoms with Gasteiger partial charge in [0.25, 0.3) is 0 Å². The van der Waals surface area contributed by atoms with E-state index < -0.39 is 12.3 Å². The molecule has 1 aromatic carbocycles. The summed E-state index contributed by atoms with van der Waals surface area (Å²) in [6.07, 6.45) is -2.10. The molecule has 1 amide bonds. The van der Waals surface area contributed by atoms with Crippen LogP contribution >= 0.6 is 0 Å². The van der Waals surface area contributed by atoms with Crippen LogP contribution in [0.2, 0.25) is 0 Å². The molecule has 0 spiro atoms. The van der Waals surface area contributed by atoms with Crippen molar-refractivity contribution in [2.45, 2.75) is 32.0 Å². The summed E-state index contributed by atoms with van der Waals surface area (Å²) in [6, 6.07) is 5.53. The molecule has 0 atom stereocenters. The van der Waals surface area contributed by atoms with Crippen LogP contribution in [0.5, 0.6) is 5.75 Å². The van der Waals surface area contributed by atoms with Crippen LogP contribution in [0, 0.1) is 0 Å². The molecule has 0 radical (unpaired) electrons. The first-order valence-electron chi connectivity index (χ1n) is 7.95. The monoisotopic (exact) mass is 363 g/mol. The van der Waals surface area contributed by atoms with Crippen molar-refractivity contribution in [1.29, 1.82) is 0 Å². The number of primary amides is 1. The topological polar surface area (TPSA) is 78.1 Å². The van der Waals surface area contributed by atoms with E-state index in [-0.39, 0.29) is 17.7 Å². The van der Waals surface area contributed by atoms with Gasteiger partial charge in [-0.3, -0.25) is 4.79 Å². The first-order valence-corrected chi connectivity index (χ1v) is 7.95. The summed E-state index contributed by atoms with van der Waals surface area (Å²) in [6.45, 7) is 3.61. The van der Waals surface area contributed by atoms with Gasteiger partial charge in [-0.1, -0.05) is 6.58 Å². The van der Waals surface area contributed by atoms with Gasteiger partial charge in [-0.05, 0) is 43.5 Å². The van der Waals surface area contributed by atoms with Crippen LogP contribution in [0.25, 0.3) is 11.3 Å². The quantitative estimate of drug-likeness (QED) is 0.828. The number of carbonyl (C=O) groups excluding carboxylic acids is 1. The van der Waals surface area contributed by atoms with E-state index in [9.17, 15) is 18.0 Å². The summed E-state index contributed by atoms with van der Waals surface area (Å²) in [5, 5.41) is 0. The summed E-state index contributed by atoms with van der Waals surface area (Å²) >= 11 is 0. The van der Waals surface area contributed by atoms with Crippen molar-refractivity contribution in [3.8, 4) is 17.0 Å². The van der Waals surface area contributed by atoms with Crippen LogP contribution < -0.4 is 10.5 Å². The lowest BCUT2D eigenvalue weighted by Gasteiger charge is -2.12. The molecule has 2 N–H and O–H groups in total. The van der Waals surface area contributed by atoms with Crippen molar-refractivity contribution < 1.29 is 22.7 Å². The normalized spacial score (nSPS) is 13.3. The van der Waals surface area contributed by atoms with Gasteiger partial charge in [0, 0.05) is 28.8 Å². The maximum atomic E-state index is 12.3. The molecule has 0 bridgehead atoms. The Hall–Kier alpha value is -2.90. The number of amides is 1. The summed E-state index contributed by atoms with van der Waals surface area (Å²) < 4.78 is 40.8. The van der Waals surface area contributed by atoms with Gasteiger partial charge in [-0.2, -0.15) is 0 Å². The Labute approximate surface area is 147 Å². The SMILES string of the molecule is C=C(Cc1nc2c(c(-c3ccc(OC(F)(F)F)cc3)n1)CCC2)C(N)=O. The average molecular weight is 363 g/mol. The molecule has 0 saturated heterocycles. The number of benzene rings is 1. The number of rotatable bonds is 5. The third-order valence-corrected chi connectivity index (χ3v) is 4.06. The van der Waals surface area contributed by atoms with Gasteiger partial charge in [-0.25, -0.2) is 9.97 Å². The average Bonchev–Trinajstić information content (AvgIpc) is 3.01. The molecular weight excluding hydrogens is 347 g/mol. The summed E-state index contributed by atoms with van der Waals surface area (Å²) in [4.78, 5) is 20.2. The van der Waals surface area contributed by atoms with E-state index in [4.69, 9.17) is 5.73 Å². The Morgan fingerprint density at radius 3 is 2.50 bits per heavy atom. The van der Waals surface area contributed by atoms with Crippen molar-refractivity contribution in [3.05, 3.63) is 53.5 Å². The summed E-state index contributed by atoms with van der Waals surface area (Å²) in [7, 11) is 0. The number of aromatic nitrogens is 2. The van der Waals surface area contributed by atoms with Gasteiger partial charge >= 0.3 is 6.36 Å². The predicted molar refractivity (Wildman–Crippen MR) is 88.2 cm³/mol. The smallest absolute Gasteiger partial charge is 0.406 e. The summed E-state index contributed by atoms with van der Waals surface area (Å²) in [5.41, 5.74) is 8.58. The molecule has 1 aromatic heterocycles. The third-order valence-electron chi connectivity index (χ3n) is 4.06. The van der Waals surface area contributed by atoms with E-state index >= 15 is 0 Å². The van der Waals surface area contributed by atoms with Gasteiger partial charge in [0.05, 0.1) is 5.69 Å². The van der Waals surface area contributed by atoms with Gasteiger partial charge < -0.3 is 10.5 Å². The number of aryl methyl sites for hydroxylation is 1. The van der Waals surface area contributed by atoms with Crippen molar-refractivity contribution in [2.24, 2.45) is 5.73 Å². The highest BCUT2D eigenvalue weighted by Crippen LogP contribution is 2.32. The van der Waals surface area contributed by atoms with Crippen molar-refractivity contribution in [3.63, 3.8) is 0 Å². The lowest BCUT2D eigenvalue weighted by atomic mass is 10.0. The maximum absolute atomic E-state index is 12.3. The first kappa shape index (κ1) is 17.9. The molecule has 0 fully saturated rings. The van der Waals surface area contributed by atoms with Crippen molar-refractivity contribution in [2.75, 3.05) is 0 Å². The Morgan fingerprint density at radius 1 is 1.19 bits per heavy atom. The van der Waals surface area contributed by atoms with E-state index in [1.54, 1.807) is 0 Å². The number of nitrogens with zero attached hydrogens (tertiary/aromatic N) is 2. The van der Waals surface area contributed by atoms with Gasteiger partial charge in [0.1, 0.15) is 11.6 Å². The first-order chi connectivity index (χ1) is 12.2. The van der Waals surface area contributed by atoms with E-state index in [1.165, 1.54) is 24.3 Å². The second-order valence-corrected chi connectivity index (χ2v) is 5.98. The highest BCUT2D eigenvalue weighted by atomic mass is 19.4. The molecule has 0 aliphatic heterocycles. The second kappa shape index (κ2) is 6.78. The van der Waals surface area contributed by atoms with E-state index in [1.807, 2.05) is 0 Å². The van der Waals surface area contributed by atoms with E-state index in [0.29, 0.717) is 17.1 Å². The molecule has 1 aliphatic carbocycles. The van der Waals surface area contributed by atoms with Gasteiger partial charge in [0.2, 0.25) is 5.91 Å². The fourth-order valence-corrected chi connectivity index (χ4v) is 2.89. The third kappa shape index (κ3) is 4.01. The lowest BCUT2D eigenvalue weighted by molar-refractivity contribution is -0.274. The van der Waals surface area contributed by atoms with Crippen LogP contribution in [-0.2, 0) is 24.1 Å². The van der Waals surface area contributed by atoms with Crippen LogP contribution in [-0.4, -0.2) is 22.2 Å². The van der Waals surface area contributed by atoms with Crippen molar-refractivity contribution in [1.82, 2.24) is 9.97 Å². The largest absolute Gasteiger partial charge is 0.573 e. The maximum Gasteiger partial charge on any atom is 0.573 e. The zero-order valence-corrected chi connectivity index (χ0v) is 13.8. The highest BCUT2D eigenvalue weighted by Gasteiger charge is 2.31. The molecule has 2 aromatic rings. The minimum Gasteiger partial charge on any atom is -0.406 e. The number of hydrogen-bond acceptors (Lipinski definition) is 4. The van der Waals surface area contributed by atoms with Crippen molar-refractivity contribution >= 4 is 5.91 Å². The number of carbonyl (C=O) groups is 1. The van der Waals surface area contributed by atoms with E-state index in [0.717, 1.165) is 30.5 Å². The minimum atomic E-state index is -4.74. The Balaban J connectivity index is 1.95. The van der Waals surface area contributed by atoms with Gasteiger partial charge in [-0.15, -0.1) is 13.2 Å². The Bertz CT molecular complexity index is 861. The molecular formula is C18H16F3N3O2. The molecule has 8 heteroatoms. The predicted octanol–water partition coefficient (Wildman–Crippen LogP) is 3.11. The lowest BCUT2D eigenvalue weighted by Crippen LogP contribution is -2.17. The molecule has 0 saturated carbocycles. The fraction of sp³-hybridized carbons (Fsp3) is 0.278. The molecule has 0 unspecified atom stereocenters. The number of ether oxygens (including phenoxy) is 1. The van der Waals surface area contributed by atoms with Crippen LogP contribution in [0.15, 0.2) is 36.4 Å². The molecule has 136 valence electrons. The molecule has 5 nitrogen and oxygen atoms in total. The van der Waals surface area contributed by atoms with Crippen LogP contribution in [0.3, 0.4) is 0 Å². The number of hydrogen-bond donors (Lipinski definition) is 1. The van der Waals surface area contributed by atoms with Crippen LogP contribution in [0.4, 0.5) is 13.2 Å². The number of alkyl halides is 3. The molecule has 3 rings (SSSR count). The number of fused-ring (bicyclic) bond motifs is 1. The fourth-order valence-electron chi connectivity index (χ4n) is 2.89. The summed E-state index contributed by atoms with van der Waals surface area (Å²) in [5.74, 6) is -0.501. The second-order valence-electron chi connectivity index (χ2n) is 5.98. The zero-order valence-electron chi connectivity index (χ0n) is 13.8. The zero-order chi connectivity index (χ0) is 18.9. The van der Waals surface area contributed by atoms with Gasteiger partial charge in [0.15, 0.2) is 0 Å². The van der Waals surface area contributed by atoms with E-state index in [2.05, 4.69) is 21.3 Å². The molecule has 1 heterocycles. The number of nitrogens with two attached hydrogens (primary N) is 1. The standard InChI is InChI=1S/C18H16F3N3O2/c1-10(17(22)25)9-15-23-14-4-2-3-13(14)16(24-15)11-5-7-12(8-6-11)26-18(19,20)21/h5-8H,1-4,9H2,(H2,22,25).